The van der Waals surface area contributed by atoms with Crippen LogP contribution < -0.4 is 0 Å². The summed E-state index contributed by atoms with van der Waals surface area (Å²) in [5.74, 6) is 0.262. The minimum Gasteiger partial charge on any atom is -0.444 e. The number of rotatable bonds is 4. The molecule has 1 saturated carbocycles. The molecule has 142 valence electrons. The molecule has 3 rings (SSSR count). The Morgan fingerprint density at radius 1 is 1.08 bits per heavy atom. The maximum absolute atomic E-state index is 13.1. The molecule has 0 bridgehead atoms. The van der Waals surface area contributed by atoms with Crippen molar-refractivity contribution in [2.45, 2.75) is 64.6 Å². The van der Waals surface area contributed by atoms with E-state index in [4.69, 9.17) is 4.74 Å². The summed E-state index contributed by atoms with van der Waals surface area (Å²) in [6, 6.07) is 10.6. The SMILES string of the molecule is CC(C)(C)OC(=O)N1CCC(C(=O)N(Cc2ccccc2)C2CC2)CC1. The third-order valence-electron chi connectivity index (χ3n) is 4.96. The van der Waals surface area contributed by atoms with Crippen molar-refractivity contribution in [2.75, 3.05) is 13.1 Å². The largest absolute Gasteiger partial charge is 0.444 e. The second-order valence-corrected chi connectivity index (χ2v) is 8.42. The van der Waals surface area contributed by atoms with Crippen molar-refractivity contribution < 1.29 is 14.3 Å². The molecule has 0 spiro atoms. The molecule has 0 N–H and O–H groups in total. The lowest BCUT2D eigenvalue weighted by molar-refractivity contribution is -0.138. The highest BCUT2D eigenvalue weighted by molar-refractivity contribution is 5.80. The molecule has 1 heterocycles. The van der Waals surface area contributed by atoms with E-state index in [1.54, 1.807) is 4.90 Å². The summed E-state index contributed by atoms with van der Waals surface area (Å²) in [4.78, 5) is 29.1. The van der Waals surface area contributed by atoms with Gasteiger partial charge in [0.25, 0.3) is 0 Å². The van der Waals surface area contributed by atoms with Crippen molar-refractivity contribution in [2.24, 2.45) is 5.92 Å². The minimum absolute atomic E-state index is 0.0120. The van der Waals surface area contributed by atoms with E-state index in [1.807, 2.05) is 39.0 Å². The number of ether oxygens (including phenoxy) is 1. The van der Waals surface area contributed by atoms with E-state index in [9.17, 15) is 9.59 Å². The molecule has 0 atom stereocenters. The van der Waals surface area contributed by atoms with Crippen LogP contribution in [0.15, 0.2) is 30.3 Å². The Hall–Kier alpha value is -2.04. The molecule has 5 nitrogen and oxygen atoms in total. The molecule has 1 aromatic rings. The standard InChI is InChI=1S/C21H30N2O3/c1-21(2,3)26-20(25)22-13-11-17(12-14-22)19(24)23(18-9-10-18)15-16-7-5-4-6-8-16/h4-8,17-18H,9-15H2,1-3H3. The molecule has 0 radical (unpaired) electrons. The third-order valence-corrected chi connectivity index (χ3v) is 4.96. The quantitative estimate of drug-likeness (QED) is 0.822. The van der Waals surface area contributed by atoms with Crippen LogP contribution in [-0.2, 0) is 16.1 Å². The van der Waals surface area contributed by atoms with Crippen molar-refractivity contribution in [1.29, 1.82) is 0 Å². The van der Waals surface area contributed by atoms with Gasteiger partial charge in [-0.2, -0.15) is 0 Å². The molecule has 2 fully saturated rings. The van der Waals surface area contributed by atoms with Crippen LogP contribution >= 0.6 is 0 Å². The lowest BCUT2D eigenvalue weighted by atomic mass is 9.95. The van der Waals surface area contributed by atoms with Crippen LogP contribution in [0.3, 0.4) is 0 Å². The van der Waals surface area contributed by atoms with Crippen molar-refractivity contribution in [3.8, 4) is 0 Å². The van der Waals surface area contributed by atoms with Crippen molar-refractivity contribution in [3.05, 3.63) is 35.9 Å². The first-order chi connectivity index (χ1) is 12.3. The number of benzene rings is 1. The molecule has 26 heavy (non-hydrogen) atoms. The lowest BCUT2D eigenvalue weighted by Gasteiger charge is -2.35. The summed E-state index contributed by atoms with van der Waals surface area (Å²) in [6.45, 7) is 7.50. The number of piperidine rings is 1. The summed E-state index contributed by atoms with van der Waals surface area (Å²) in [5, 5.41) is 0. The smallest absolute Gasteiger partial charge is 0.410 e. The highest BCUT2D eigenvalue weighted by atomic mass is 16.6. The van der Waals surface area contributed by atoms with Crippen molar-refractivity contribution >= 4 is 12.0 Å². The van der Waals surface area contributed by atoms with Gasteiger partial charge < -0.3 is 14.5 Å². The summed E-state index contributed by atoms with van der Waals surface area (Å²) < 4.78 is 5.44. The van der Waals surface area contributed by atoms with Gasteiger partial charge in [-0.3, -0.25) is 4.79 Å². The van der Waals surface area contributed by atoms with E-state index < -0.39 is 5.60 Å². The van der Waals surface area contributed by atoms with Crippen LogP contribution in [0.2, 0.25) is 0 Å². The number of carbonyl (C=O) groups is 2. The highest BCUT2D eigenvalue weighted by Crippen LogP contribution is 2.32. The topological polar surface area (TPSA) is 49.9 Å². The zero-order chi connectivity index (χ0) is 18.7. The molecular weight excluding hydrogens is 328 g/mol. The fraction of sp³-hybridized carbons (Fsp3) is 0.619. The average Bonchev–Trinajstić information content (AvgIpc) is 3.43. The maximum atomic E-state index is 13.1. The Morgan fingerprint density at radius 3 is 2.23 bits per heavy atom. The number of hydrogen-bond acceptors (Lipinski definition) is 3. The molecule has 1 aliphatic heterocycles. The van der Waals surface area contributed by atoms with Crippen molar-refractivity contribution in [3.63, 3.8) is 0 Å². The summed E-state index contributed by atoms with van der Waals surface area (Å²) in [5.41, 5.74) is 0.696. The normalized spacial score (nSPS) is 18.5. The molecule has 5 heteroatoms. The molecule has 1 saturated heterocycles. The van der Waals surface area contributed by atoms with Crippen LogP contribution in [0.1, 0.15) is 52.0 Å². The molecular formula is C21H30N2O3. The Bertz CT molecular complexity index is 626. The Kier molecular flexibility index (Phi) is 5.54. The molecule has 2 aliphatic rings. The molecule has 0 unspecified atom stereocenters. The number of carbonyl (C=O) groups excluding carboxylic acids is 2. The number of likely N-dealkylation sites (tertiary alicyclic amines) is 1. The Morgan fingerprint density at radius 2 is 1.69 bits per heavy atom. The summed E-state index contributed by atoms with van der Waals surface area (Å²) in [7, 11) is 0. The number of amides is 2. The Labute approximate surface area is 156 Å². The van der Waals surface area contributed by atoms with Crippen LogP contribution in [-0.4, -0.2) is 46.5 Å². The fourth-order valence-corrected chi connectivity index (χ4v) is 3.42. The van der Waals surface area contributed by atoms with Crippen LogP contribution in [0, 0.1) is 5.92 Å². The predicted molar refractivity (Wildman–Crippen MR) is 101 cm³/mol. The first-order valence-electron chi connectivity index (χ1n) is 9.66. The summed E-state index contributed by atoms with van der Waals surface area (Å²) in [6.07, 6.45) is 3.38. The first kappa shape index (κ1) is 18.7. The maximum Gasteiger partial charge on any atom is 0.410 e. The van der Waals surface area contributed by atoms with Crippen LogP contribution in [0.25, 0.3) is 0 Å². The van der Waals surface area contributed by atoms with E-state index in [-0.39, 0.29) is 17.9 Å². The van der Waals surface area contributed by atoms with Gasteiger partial charge in [0.15, 0.2) is 0 Å². The average molecular weight is 358 g/mol. The third kappa shape index (κ3) is 4.99. The van der Waals surface area contributed by atoms with Gasteiger partial charge >= 0.3 is 6.09 Å². The van der Waals surface area contributed by atoms with Gasteiger partial charge in [0.1, 0.15) is 5.60 Å². The van der Waals surface area contributed by atoms with Gasteiger partial charge in [-0.1, -0.05) is 30.3 Å². The van der Waals surface area contributed by atoms with Gasteiger partial charge in [0.05, 0.1) is 0 Å². The lowest BCUT2D eigenvalue weighted by Crippen LogP contribution is -2.46. The van der Waals surface area contributed by atoms with E-state index in [0.717, 1.165) is 25.7 Å². The van der Waals surface area contributed by atoms with E-state index in [0.29, 0.717) is 25.7 Å². The van der Waals surface area contributed by atoms with Crippen LogP contribution in [0.4, 0.5) is 4.79 Å². The van der Waals surface area contributed by atoms with Gasteiger partial charge in [-0.05, 0) is 52.0 Å². The second kappa shape index (κ2) is 7.68. The van der Waals surface area contributed by atoms with Crippen molar-refractivity contribution in [1.82, 2.24) is 9.80 Å². The number of hydrogen-bond donors (Lipinski definition) is 0. The van der Waals surface area contributed by atoms with E-state index >= 15 is 0 Å². The van der Waals surface area contributed by atoms with Crippen LogP contribution in [0.5, 0.6) is 0 Å². The molecule has 1 aliphatic carbocycles. The summed E-state index contributed by atoms with van der Waals surface area (Å²) >= 11 is 0. The fourth-order valence-electron chi connectivity index (χ4n) is 3.42. The minimum atomic E-state index is -0.484. The van der Waals surface area contributed by atoms with Gasteiger partial charge in [0, 0.05) is 31.6 Å². The molecule has 2 amide bonds. The van der Waals surface area contributed by atoms with E-state index in [1.165, 1.54) is 5.56 Å². The van der Waals surface area contributed by atoms with E-state index in [2.05, 4.69) is 17.0 Å². The van der Waals surface area contributed by atoms with Gasteiger partial charge in [-0.25, -0.2) is 4.79 Å². The van der Waals surface area contributed by atoms with Gasteiger partial charge in [0.2, 0.25) is 5.91 Å². The molecule has 1 aromatic carbocycles. The predicted octanol–water partition coefficient (Wildman–Crippen LogP) is 3.82. The number of nitrogens with zero attached hydrogens (tertiary/aromatic N) is 2. The Balaban J connectivity index is 1.56. The zero-order valence-electron chi connectivity index (χ0n) is 16.1. The van der Waals surface area contributed by atoms with Gasteiger partial charge in [-0.15, -0.1) is 0 Å². The highest BCUT2D eigenvalue weighted by Gasteiger charge is 2.37. The molecule has 0 aromatic heterocycles. The first-order valence-corrected chi connectivity index (χ1v) is 9.66. The zero-order valence-corrected chi connectivity index (χ0v) is 16.1. The second-order valence-electron chi connectivity index (χ2n) is 8.42. The monoisotopic (exact) mass is 358 g/mol.